The molecule has 2 aliphatic rings. The van der Waals surface area contributed by atoms with Gasteiger partial charge in [-0.25, -0.2) is 0 Å². The van der Waals surface area contributed by atoms with Gasteiger partial charge in [0.25, 0.3) is 5.91 Å². The van der Waals surface area contributed by atoms with Crippen LogP contribution in [-0.2, 0) is 11.2 Å². The fourth-order valence-electron chi connectivity index (χ4n) is 3.65. The number of nitrogens with one attached hydrogen (secondary N) is 1. The van der Waals surface area contributed by atoms with Crippen molar-refractivity contribution in [2.45, 2.75) is 12.8 Å². The third kappa shape index (κ3) is 2.47. The molecule has 1 saturated heterocycles. The summed E-state index contributed by atoms with van der Waals surface area (Å²) < 4.78 is 0. The minimum absolute atomic E-state index is 0.0209. The van der Waals surface area contributed by atoms with Crippen LogP contribution in [0.5, 0.6) is 0 Å². The number of fused-ring (bicyclic) bond motifs is 1. The second-order valence-electron chi connectivity index (χ2n) is 6.55. The standard InChI is InChI=1S/C19H17ClN2O2/c20-15-7-5-13(6-8-15)17(23)22-10-9-19(12-22)11-14-3-1-2-4-16(14)21-18(19)24/h1-8H,9-12H2,(H,21,24). The number of para-hydroxylation sites is 1. The van der Waals surface area contributed by atoms with Crippen molar-refractivity contribution in [3.05, 3.63) is 64.7 Å². The number of carbonyl (C=O) groups excluding carboxylic acids is 2. The molecule has 2 heterocycles. The number of halogens is 1. The Hall–Kier alpha value is -2.33. The normalized spacial score (nSPS) is 22.4. The van der Waals surface area contributed by atoms with Gasteiger partial charge in [-0.3, -0.25) is 9.59 Å². The fourth-order valence-corrected chi connectivity index (χ4v) is 3.77. The molecule has 0 saturated carbocycles. The van der Waals surface area contributed by atoms with Gasteiger partial charge in [0.05, 0.1) is 5.41 Å². The number of carbonyl (C=O) groups is 2. The monoisotopic (exact) mass is 340 g/mol. The average molecular weight is 341 g/mol. The summed E-state index contributed by atoms with van der Waals surface area (Å²) >= 11 is 5.88. The van der Waals surface area contributed by atoms with Crippen molar-refractivity contribution in [2.75, 3.05) is 18.4 Å². The molecule has 4 nitrogen and oxygen atoms in total. The van der Waals surface area contributed by atoms with Gasteiger partial charge in [0, 0.05) is 29.4 Å². The Bertz CT molecular complexity index is 818. The lowest BCUT2D eigenvalue weighted by atomic mass is 9.77. The summed E-state index contributed by atoms with van der Waals surface area (Å²) in [6.07, 6.45) is 1.37. The molecule has 1 fully saturated rings. The van der Waals surface area contributed by atoms with Crippen molar-refractivity contribution in [1.82, 2.24) is 4.90 Å². The summed E-state index contributed by atoms with van der Waals surface area (Å²) in [6, 6.07) is 14.7. The lowest BCUT2D eigenvalue weighted by Crippen LogP contribution is -2.44. The highest BCUT2D eigenvalue weighted by Gasteiger charge is 2.48. The molecule has 4 rings (SSSR count). The first-order valence-corrected chi connectivity index (χ1v) is 8.39. The van der Waals surface area contributed by atoms with E-state index < -0.39 is 5.41 Å². The third-order valence-corrected chi connectivity index (χ3v) is 5.26. The zero-order valence-electron chi connectivity index (χ0n) is 13.1. The Morgan fingerprint density at radius 3 is 2.67 bits per heavy atom. The summed E-state index contributed by atoms with van der Waals surface area (Å²) in [6.45, 7) is 1.05. The van der Waals surface area contributed by atoms with Crippen molar-refractivity contribution >= 4 is 29.1 Å². The van der Waals surface area contributed by atoms with Crippen LogP contribution in [0.2, 0.25) is 5.02 Å². The Morgan fingerprint density at radius 2 is 1.88 bits per heavy atom. The van der Waals surface area contributed by atoms with Crippen LogP contribution in [0.25, 0.3) is 0 Å². The van der Waals surface area contributed by atoms with Crippen molar-refractivity contribution < 1.29 is 9.59 Å². The van der Waals surface area contributed by atoms with Crippen LogP contribution < -0.4 is 5.32 Å². The molecular weight excluding hydrogens is 324 g/mol. The molecule has 0 aromatic heterocycles. The summed E-state index contributed by atoms with van der Waals surface area (Å²) in [4.78, 5) is 27.1. The zero-order chi connectivity index (χ0) is 16.7. The van der Waals surface area contributed by atoms with Crippen molar-refractivity contribution in [3.8, 4) is 0 Å². The molecule has 2 amide bonds. The van der Waals surface area contributed by atoms with Crippen LogP contribution in [0.4, 0.5) is 5.69 Å². The molecular formula is C19H17ClN2O2. The van der Waals surface area contributed by atoms with E-state index in [1.54, 1.807) is 29.2 Å². The van der Waals surface area contributed by atoms with Gasteiger partial charge in [-0.05, 0) is 48.7 Å². The molecule has 1 N–H and O–H groups in total. The summed E-state index contributed by atoms with van der Waals surface area (Å²) in [5.41, 5.74) is 2.11. The smallest absolute Gasteiger partial charge is 0.253 e. The lowest BCUT2D eigenvalue weighted by molar-refractivity contribution is -0.125. The summed E-state index contributed by atoms with van der Waals surface area (Å²) in [5.74, 6) is -0.0252. The number of amides is 2. The van der Waals surface area contributed by atoms with E-state index in [0.29, 0.717) is 36.5 Å². The zero-order valence-corrected chi connectivity index (χ0v) is 13.8. The minimum Gasteiger partial charge on any atom is -0.338 e. The molecule has 1 atom stereocenters. The Morgan fingerprint density at radius 1 is 1.12 bits per heavy atom. The second kappa shape index (κ2) is 5.64. The topological polar surface area (TPSA) is 49.4 Å². The maximum Gasteiger partial charge on any atom is 0.253 e. The highest BCUT2D eigenvalue weighted by molar-refractivity contribution is 6.30. The van der Waals surface area contributed by atoms with Gasteiger partial charge >= 0.3 is 0 Å². The number of anilines is 1. The van der Waals surface area contributed by atoms with Crippen LogP contribution in [-0.4, -0.2) is 29.8 Å². The van der Waals surface area contributed by atoms with Crippen LogP contribution in [0.3, 0.4) is 0 Å². The van der Waals surface area contributed by atoms with Crippen molar-refractivity contribution in [1.29, 1.82) is 0 Å². The van der Waals surface area contributed by atoms with Crippen LogP contribution in [0.15, 0.2) is 48.5 Å². The van der Waals surface area contributed by atoms with E-state index in [9.17, 15) is 9.59 Å². The molecule has 2 aliphatic heterocycles. The lowest BCUT2D eigenvalue weighted by Gasteiger charge is -2.33. The quantitative estimate of drug-likeness (QED) is 0.865. The van der Waals surface area contributed by atoms with E-state index in [-0.39, 0.29) is 11.8 Å². The van der Waals surface area contributed by atoms with E-state index in [1.165, 1.54) is 0 Å². The Labute approximate surface area is 145 Å². The Balaban J connectivity index is 1.57. The van der Waals surface area contributed by atoms with Crippen molar-refractivity contribution in [3.63, 3.8) is 0 Å². The van der Waals surface area contributed by atoms with Crippen LogP contribution in [0.1, 0.15) is 22.3 Å². The van der Waals surface area contributed by atoms with Crippen LogP contribution >= 0.6 is 11.6 Å². The van der Waals surface area contributed by atoms with Gasteiger partial charge in [0.15, 0.2) is 0 Å². The fraction of sp³-hybridized carbons (Fsp3) is 0.263. The molecule has 0 aliphatic carbocycles. The van der Waals surface area contributed by atoms with Crippen LogP contribution in [0, 0.1) is 5.41 Å². The molecule has 24 heavy (non-hydrogen) atoms. The van der Waals surface area contributed by atoms with E-state index in [0.717, 1.165) is 11.3 Å². The van der Waals surface area contributed by atoms with E-state index >= 15 is 0 Å². The summed E-state index contributed by atoms with van der Waals surface area (Å²) in [5, 5.41) is 3.61. The first kappa shape index (κ1) is 15.2. The Kier molecular flexibility index (Phi) is 3.57. The van der Waals surface area contributed by atoms with Gasteiger partial charge in [-0.2, -0.15) is 0 Å². The number of rotatable bonds is 1. The molecule has 2 aromatic carbocycles. The van der Waals surface area contributed by atoms with E-state index in [4.69, 9.17) is 11.6 Å². The minimum atomic E-state index is -0.517. The number of likely N-dealkylation sites (tertiary alicyclic amines) is 1. The van der Waals surface area contributed by atoms with Gasteiger partial charge in [-0.1, -0.05) is 29.8 Å². The predicted molar refractivity (Wildman–Crippen MR) is 93.2 cm³/mol. The van der Waals surface area contributed by atoms with Crippen molar-refractivity contribution in [2.24, 2.45) is 5.41 Å². The number of hydrogen-bond acceptors (Lipinski definition) is 2. The average Bonchev–Trinajstić information content (AvgIpc) is 3.01. The second-order valence-corrected chi connectivity index (χ2v) is 6.99. The summed E-state index contributed by atoms with van der Waals surface area (Å²) in [7, 11) is 0. The van der Waals surface area contributed by atoms with Gasteiger partial charge in [-0.15, -0.1) is 0 Å². The van der Waals surface area contributed by atoms with E-state index in [2.05, 4.69) is 5.32 Å². The first-order chi connectivity index (χ1) is 11.6. The number of hydrogen-bond donors (Lipinski definition) is 1. The molecule has 0 radical (unpaired) electrons. The van der Waals surface area contributed by atoms with Gasteiger partial charge < -0.3 is 10.2 Å². The number of benzene rings is 2. The SMILES string of the molecule is O=C(c1ccc(Cl)cc1)N1CCC2(Cc3ccccc3NC2=O)C1. The molecule has 2 aromatic rings. The molecule has 1 spiro atoms. The molecule has 1 unspecified atom stereocenters. The molecule has 122 valence electrons. The largest absolute Gasteiger partial charge is 0.338 e. The number of nitrogens with zero attached hydrogens (tertiary/aromatic N) is 1. The maximum absolute atomic E-state index is 12.7. The third-order valence-electron chi connectivity index (χ3n) is 5.01. The molecule has 5 heteroatoms. The highest BCUT2D eigenvalue weighted by atomic mass is 35.5. The van der Waals surface area contributed by atoms with Gasteiger partial charge in [0.1, 0.15) is 0 Å². The predicted octanol–water partition coefficient (Wildman–Crippen LogP) is 3.37. The van der Waals surface area contributed by atoms with E-state index in [1.807, 2.05) is 24.3 Å². The first-order valence-electron chi connectivity index (χ1n) is 8.02. The highest BCUT2D eigenvalue weighted by Crippen LogP contribution is 2.41. The maximum atomic E-state index is 12.7. The molecule has 0 bridgehead atoms. The van der Waals surface area contributed by atoms with Gasteiger partial charge in [0.2, 0.25) is 5.91 Å².